The van der Waals surface area contributed by atoms with Crippen LogP contribution in [0.4, 0.5) is 5.69 Å². The van der Waals surface area contributed by atoms with Crippen LogP contribution < -0.4 is 21.4 Å². The third-order valence-electron chi connectivity index (χ3n) is 4.21. The predicted octanol–water partition coefficient (Wildman–Crippen LogP) is 0.768. The fourth-order valence-electron chi connectivity index (χ4n) is 2.83. The number of carbonyl (C=O) groups is 1. The molecule has 0 saturated carbocycles. The Bertz CT molecular complexity index is 658. The lowest BCUT2D eigenvalue weighted by atomic mass is 9.44. The van der Waals surface area contributed by atoms with Gasteiger partial charge in [0.05, 0.1) is 25.7 Å². The molecule has 4 N–H and O–H groups in total. The van der Waals surface area contributed by atoms with Crippen LogP contribution in [0.3, 0.4) is 0 Å². The SMILES string of the molecule is COC(=O)C1C[C@@H](/C(N)=N/N(N)c2ccc(OC)cc2)CB1C#N. The first kappa shape index (κ1) is 17.6. The van der Waals surface area contributed by atoms with E-state index in [0.717, 1.165) is 0 Å². The van der Waals surface area contributed by atoms with Crippen LogP contribution in [0.1, 0.15) is 6.42 Å². The van der Waals surface area contributed by atoms with Crippen molar-refractivity contribution in [2.75, 3.05) is 19.3 Å². The number of benzene rings is 1. The van der Waals surface area contributed by atoms with Gasteiger partial charge in [-0.3, -0.25) is 4.79 Å². The summed E-state index contributed by atoms with van der Waals surface area (Å²) in [7, 11) is 2.89. The van der Waals surface area contributed by atoms with Gasteiger partial charge in [-0.2, -0.15) is 5.12 Å². The Morgan fingerprint density at radius 3 is 2.62 bits per heavy atom. The summed E-state index contributed by atoms with van der Waals surface area (Å²) < 4.78 is 9.83. The molecule has 0 radical (unpaired) electrons. The number of nitrogens with zero attached hydrogens (tertiary/aromatic N) is 3. The molecule has 24 heavy (non-hydrogen) atoms. The molecule has 1 aliphatic heterocycles. The highest BCUT2D eigenvalue weighted by Gasteiger charge is 2.44. The van der Waals surface area contributed by atoms with Gasteiger partial charge >= 0.3 is 5.97 Å². The van der Waals surface area contributed by atoms with Gasteiger partial charge in [0.2, 0.25) is 0 Å². The Hall–Kier alpha value is -2.73. The molecular formula is C15H20BN5O3. The molecular weight excluding hydrogens is 309 g/mol. The number of nitriles is 1. The minimum Gasteiger partial charge on any atom is -0.497 e. The molecule has 9 heteroatoms. The van der Waals surface area contributed by atoms with E-state index in [0.29, 0.717) is 30.0 Å². The molecule has 1 aromatic rings. The number of nitrogens with two attached hydrogens (primary N) is 2. The van der Waals surface area contributed by atoms with E-state index < -0.39 is 18.5 Å². The van der Waals surface area contributed by atoms with E-state index >= 15 is 0 Å². The number of rotatable bonds is 5. The van der Waals surface area contributed by atoms with Gasteiger partial charge in [-0.25, -0.2) is 11.1 Å². The Morgan fingerprint density at radius 2 is 2.08 bits per heavy atom. The number of ether oxygens (including phenoxy) is 2. The standard InChI is InChI=1S/C15H20BN5O3/c1-23-12-5-3-11(4-6-12)21(19)20-14(18)10-7-13(15(22)24-2)16(8-10)9-17/h3-6,10,13H,7-8,19H2,1-2H3,(H2,18,20)/t10-,13?/m1/s1. The van der Waals surface area contributed by atoms with Crippen LogP contribution >= 0.6 is 0 Å². The number of anilines is 1. The topological polar surface area (TPSA) is 127 Å². The van der Waals surface area contributed by atoms with E-state index in [-0.39, 0.29) is 5.92 Å². The molecule has 1 fully saturated rings. The second-order valence-electron chi connectivity index (χ2n) is 5.60. The lowest BCUT2D eigenvalue weighted by Crippen LogP contribution is -2.32. The van der Waals surface area contributed by atoms with E-state index in [1.165, 1.54) is 12.2 Å². The van der Waals surface area contributed by atoms with Gasteiger partial charge in [-0.15, -0.1) is 5.10 Å². The maximum atomic E-state index is 11.8. The summed E-state index contributed by atoms with van der Waals surface area (Å²) in [6, 6.07) is 7.02. The first-order chi connectivity index (χ1) is 11.5. The highest BCUT2D eigenvalue weighted by atomic mass is 16.5. The number of methoxy groups -OCH3 is 2. The van der Waals surface area contributed by atoms with Gasteiger partial charge in [-0.1, -0.05) is 0 Å². The van der Waals surface area contributed by atoms with Crippen molar-refractivity contribution < 1.29 is 14.3 Å². The van der Waals surface area contributed by atoms with Crippen molar-refractivity contribution in [3.05, 3.63) is 24.3 Å². The second-order valence-corrected chi connectivity index (χ2v) is 5.60. The zero-order chi connectivity index (χ0) is 17.7. The molecule has 1 heterocycles. The van der Waals surface area contributed by atoms with Gasteiger partial charge in [0.15, 0.2) is 0 Å². The van der Waals surface area contributed by atoms with Crippen LogP contribution in [-0.2, 0) is 9.53 Å². The lowest BCUT2D eigenvalue weighted by molar-refractivity contribution is -0.140. The van der Waals surface area contributed by atoms with Crippen LogP contribution in [0.5, 0.6) is 5.75 Å². The molecule has 8 nitrogen and oxygen atoms in total. The van der Waals surface area contributed by atoms with Gasteiger partial charge in [-0.05, 0) is 37.0 Å². The molecule has 0 bridgehead atoms. The monoisotopic (exact) mass is 329 g/mol. The highest BCUT2D eigenvalue weighted by Crippen LogP contribution is 2.36. The lowest BCUT2D eigenvalue weighted by Gasteiger charge is -2.16. The number of esters is 1. The van der Waals surface area contributed by atoms with Crippen molar-refractivity contribution in [3.8, 4) is 11.7 Å². The molecule has 1 aromatic carbocycles. The van der Waals surface area contributed by atoms with Gasteiger partial charge < -0.3 is 15.2 Å². The van der Waals surface area contributed by atoms with Crippen LogP contribution in [0.2, 0.25) is 12.1 Å². The number of amidine groups is 1. The van der Waals surface area contributed by atoms with E-state index in [1.807, 2.05) is 0 Å². The third-order valence-corrected chi connectivity index (χ3v) is 4.21. The van der Waals surface area contributed by atoms with Crippen LogP contribution in [0, 0.1) is 17.1 Å². The number of hydrogen-bond acceptors (Lipinski definition) is 7. The summed E-state index contributed by atoms with van der Waals surface area (Å²) in [5, 5.41) is 14.5. The minimum absolute atomic E-state index is 0.192. The quantitative estimate of drug-likeness (QED) is 0.204. The second kappa shape index (κ2) is 7.70. The van der Waals surface area contributed by atoms with Gasteiger partial charge in [0, 0.05) is 11.9 Å². The summed E-state index contributed by atoms with van der Waals surface area (Å²) >= 11 is 0. The molecule has 126 valence electrons. The Balaban J connectivity index is 2.09. The molecule has 1 saturated heterocycles. The summed E-state index contributed by atoms with van der Waals surface area (Å²) in [6.07, 6.45) is 0.888. The first-order valence-electron chi connectivity index (χ1n) is 7.50. The van der Waals surface area contributed by atoms with Crippen LogP contribution in [-0.4, -0.2) is 32.7 Å². The molecule has 1 aliphatic rings. The average molecular weight is 329 g/mol. The molecule has 2 rings (SSSR count). The van der Waals surface area contributed by atoms with Crippen molar-refractivity contribution in [1.29, 1.82) is 5.26 Å². The van der Waals surface area contributed by atoms with Crippen LogP contribution in [0.15, 0.2) is 29.4 Å². The summed E-state index contributed by atoms with van der Waals surface area (Å²) in [5.41, 5.74) is 6.67. The van der Waals surface area contributed by atoms with Gasteiger partial charge in [0.1, 0.15) is 11.6 Å². The van der Waals surface area contributed by atoms with E-state index in [1.54, 1.807) is 31.4 Å². The Morgan fingerprint density at radius 1 is 1.42 bits per heavy atom. The molecule has 0 spiro atoms. The zero-order valence-electron chi connectivity index (χ0n) is 13.7. The minimum atomic E-state index is -0.481. The summed E-state index contributed by atoms with van der Waals surface area (Å²) in [6.45, 7) is -0.427. The van der Waals surface area contributed by atoms with Crippen LogP contribution in [0.25, 0.3) is 0 Å². The van der Waals surface area contributed by atoms with E-state index in [2.05, 4.69) is 11.1 Å². The van der Waals surface area contributed by atoms with E-state index in [9.17, 15) is 10.1 Å². The predicted molar refractivity (Wildman–Crippen MR) is 91.3 cm³/mol. The van der Waals surface area contributed by atoms with E-state index in [4.69, 9.17) is 21.1 Å². The van der Waals surface area contributed by atoms with Crippen molar-refractivity contribution in [2.45, 2.75) is 18.6 Å². The maximum absolute atomic E-state index is 11.8. The average Bonchev–Trinajstić information content (AvgIpc) is 3.05. The number of hydrogen-bond donors (Lipinski definition) is 2. The maximum Gasteiger partial charge on any atom is 0.302 e. The summed E-state index contributed by atoms with van der Waals surface area (Å²) in [5.74, 6) is 7.99. The number of carbonyl (C=O) groups excluding carboxylic acids is 1. The molecule has 0 aliphatic carbocycles. The zero-order valence-corrected chi connectivity index (χ0v) is 13.7. The first-order valence-corrected chi connectivity index (χ1v) is 7.50. The van der Waals surface area contributed by atoms with Crippen molar-refractivity contribution in [2.24, 2.45) is 22.6 Å². The fourth-order valence-corrected chi connectivity index (χ4v) is 2.83. The van der Waals surface area contributed by atoms with Gasteiger partial charge in [0.25, 0.3) is 6.71 Å². The number of hydrazine groups is 1. The van der Waals surface area contributed by atoms with Crippen molar-refractivity contribution >= 4 is 24.2 Å². The van der Waals surface area contributed by atoms with Crippen molar-refractivity contribution in [1.82, 2.24) is 0 Å². The molecule has 1 unspecified atom stereocenters. The summed E-state index contributed by atoms with van der Waals surface area (Å²) in [4.78, 5) is 11.8. The number of hydrazone groups is 1. The highest BCUT2D eigenvalue weighted by molar-refractivity contribution is 6.72. The molecule has 0 aromatic heterocycles. The molecule has 2 atom stereocenters. The largest absolute Gasteiger partial charge is 0.497 e. The molecule has 0 amide bonds. The Kier molecular flexibility index (Phi) is 5.66. The van der Waals surface area contributed by atoms with Crippen molar-refractivity contribution in [3.63, 3.8) is 0 Å². The fraction of sp³-hybridized carbons (Fsp3) is 0.400. The normalized spacial score (nSPS) is 20.4. The third kappa shape index (κ3) is 3.78. The Labute approximate surface area is 141 Å². The smallest absolute Gasteiger partial charge is 0.302 e.